The number of piperazine rings is 1. The van der Waals surface area contributed by atoms with Crippen LogP contribution < -0.4 is 0 Å². The van der Waals surface area contributed by atoms with Crippen LogP contribution in [-0.4, -0.2) is 47.4 Å². The van der Waals surface area contributed by atoms with Crippen molar-refractivity contribution in [3.8, 4) is 5.75 Å². The number of hydrazone groups is 1. The van der Waals surface area contributed by atoms with Crippen molar-refractivity contribution in [2.75, 3.05) is 26.2 Å². The SMILES string of the molecule is Oc1ccc(Br)cc1C=NN1CCN(Cc2ccc(Cl)cc2)CC1. The summed E-state index contributed by atoms with van der Waals surface area (Å²) in [7, 11) is 0. The van der Waals surface area contributed by atoms with Gasteiger partial charge < -0.3 is 5.11 Å². The van der Waals surface area contributed by atoms with Gasteiger partial charge in [-0.2, -0.15) is 5.10 Å². The minimum Gasteiger partial charge on any atom is -0.507 e. The van der Waals surface area contributed by atoms with Gasteiger partial charge in [0.05, 0.1) is 6.21 Å². The maximum absolute atomic E-state index is 9.84. The summed E-state index contributed by atoms with van der Waals surface area (Å²) in [5.41, 5.74) is 1.99. The van der Waals surface area contributed by atoms with E-state index in [-0.39, 0.29) is 5.75 Å². The lowest BCUT2D eigenvalue weighted by Gasteiger charge is -2.33. The highest BCUT2D eigenvalue weighted by Gasteiger charge is 2.15. The van der Waals surface area contributed by atoms with Crippen molar-refractivity contribution in [3.63, 3.8) is 0 Å². The molecule has 2 aromatic rings. The van der Waals surface area contributed by atoms with Gasteiger partial charge in [0.1, 0.15) is 5.75 Å². The van der Waals surface area contributed by atoms with E-state index in [1.54, 1.807) is 12.3 Å². The van der Waals surface area contributed by atoms with Gasteiger partial charge in [-0.1, -0.05) is 39.7 Å². The lowest BCUT2D eigenvalue weighted by atomic mass is 10.2. The van der Waals surface area contributed by atoms with E-state index in [1.807, 2.05) is 29.3 Å². The molecule has 1 heterocycles. The number of hydrogen-bond acceptors (Lipinski definition) is 4. The molecular formula is C18H19BrClN3O. The Morgan fingerprint density at radius 3 is 2.50 bits per heavy atom. The van der Waals surface area contributed by atoms with Crippen LogP contribution in [0.4, 0.5) is 0 Å². The quantitative estimate of drug-likeness (QED) is 0.778. The topological polar surface area (TPSA) is 39.1 Å². The number of halogens is 2. The van der Waals surface area contributed by atoms with Gasteiger partial charge in [-0.15, -0.1) is 0 Å². The summed E-state index contributed by atoms with van der Waals surface area (Å²) in [5, 5.41) is 17.1. The smallest absolute Gasteiger partial charge is 0.124 e. The molecule has 6 heteroatoms. The highest BCUT2D eigenvalue weighted by atomic mass is 79.9. The Balaban J connectivity index is 1.52. The second-order valence-electron chi connectivity index (χ2n) is 5.80. The first kappa shape index (κ1) is 17.3. The minimum atomic E-state index is 0.239. The van der Waals surface area contributed by atoms with Crippen LogP contribution in [0.2, 0.25) is 5.02 Å². The van der Waals surface area contributed by atoms with Crippen molar-refractivity contribution in [1.29, 1.82) is 0 Å². The summed E-state index contributed by atoms with van der Waals surface area (Å²) in [5.74, 6) is 0.239. The van der Waals surface area contributed by atoms with E-state index < -0.39 is 0 Å². The number of phenols is 1. The molecular weight excluding hydrogens is 390 g/mol. The van der Waals surface area contributed by atoms with Crippen molar-refractivity contribution in [3.05, 3.63) is 63.1 Å². The lowest BCUT2D eigenvalue weighted by molar-refractivity contribution is 0.131. The Bertz CT molecular complexity index is 713. The van der Waals surface area contributed by atoms with Crippen LogP contribution in [0.15, 0.2) is 52.0 Å². The molecule has 2 aromatic carbocycles. The summed E-state index contributed by atoms with van der Waals surface area (Å²) in [6.45, 7) is 4.60. The molecule has 1 aliphatic rings. The van der Waals surface area contributed by atoms with Crippen LogP contribution in [0, 0.1) is 0 Å². The normalized spacial score (nSPS) is 16.0. The molecule has 0 radical (unpaired) electrons. The largest absolute Gasteiger partial charge is 0.507 e. The van der Waals surface area contributed by atoms with Crippen LogP contribution in [0.1, 0.15) is 11.1 Å². The molecule has 0 bridgehead atoms. The number of nitrogens with zero attached hydrogens (tertiary/aromatic N) is 3. The molecule has 1 saturated heterocycles. The van der Waals surface area contributed by atoms with Gasteiger partial charge in [0.15, 0.2) is 0 Å². The molecule has 0 saturated carbocycles. The summed E-state index contributed by atoms with van der Waals surface area (Å²) < 4.78 is 0.925. The highest BCUT2D eigenvalue weighted by molar-refractivity contribution is 9.10. The number of hydrogen-bond donors (Lipinski definition) is 1. The van der Waals surface area contributed by atoms with E-state index in [1.165, 1.54) is 5.56 Å². The fourth-order valence-corrected chi connectivity index (χ4v) is 3.14. The van der Waals surface area contributed by atoms with Gasteiger partial charge in [0.2, 0.25) is 0 Å². The zero-order chi connectivity index (χ0) is 16.9. The average Bonchev–Trinajstić information content (AvgIpc) is 2.59. The zero-order valence-corrected chi connectivity index (χ0v) is 15.5. The van der Waals surface area contributed by atoms with E-state index in [2.05, 4.69) is 38.1 Å². The molecule has 3 rings (SSSR count). The summed E-state index contributed by atoms with van der Waals surface area (Å²) in [6.07, 6.45) is 1.72. The maximum atomic E-state index is 9.84. The molecule has 0 aromatic heterocycles. The molecule has 1 N–H and O–H groups in total. The van der Waals surface area contributed by atoms with Gasteiger partial charge in [0, 0.05) is 47.8 Å². The van der Waals surface area contributed by atoms with Crippen molar-refractivity contribution in [2.45, 2.75) is 6.54 Å². The Morgan fingerprint density at radius 1 is 1.08 bits per heavy atom. The third-order valence-electron chi connectivity index (χ3n) is 4.02. The van der Waals surface area contributed by atoms with Crippen molar-refractivity contribution in [2.24, 2.45) is 5.10 Å². The van der Waals surface area contributed by atoms with E-state index in [0.29, 0.717) is 5.56 Å². The standard InChI is InChI=1S/C18H19BrClN3O/c19-16-3-6-18(24)15(11-16)12-21-23-9-7-22(8-10-23)13-14-1-4-17(20)5-2-14/h1-6,11-12,24H,7-10,13H2. The van der Waals surface area contributed by atoms with Gasteiger partial charge in [0.25, 0.3) is 0 Å². The summed E-state index contributed by atoms with van der Waals surface area (Å²) in [4.78, 5) is 2.41. The first-order valence-electron chi connectivity index (χ1n) is 7.84. The second kappa shape index (κ2) is 8.01. The van der Waals surface area contributed by atoms with Gasteiger partial charge >= 0.3 is 0 Å². The number of aromatic hydroxyl groups is 1. The van der Waals surface area contributed by atoms with Crippen LogP contribution in [0.5, 0.6) is 5.75 Å². The monoisotopic (exact) mass is 407 g/mol. The number of phenolic OH excluding ortho intramolecular Hbond substituents is 1. The molecule has 0 atom stereocenters. The van der Waals surface area contributed by atoms with Crippen LogP contribution in [0.25, 0.3) is 0 Å². The maximum Gasteiger partial charge on any atom is 0.124 e. The third kappa shape index (κ3) is 4.72. The Labute approximate surface area is 155 Å². The van der Waals surface area contributed by atoms with E-state index in [9.17, 15) is 5.11 Å². The number of rotatable bonds is 4. The van der Waals surface area contributed by atoms with Gasteiger partial charge in [-0.05, 0) is 35.9 Å². The second-order valence-corrected chi connectivity index (χ2v) is 7.16. The van der Waals surface area contributed by atoms with E-state index >= 15 is 0 Å². The minimum absolute atomic E-state index is 0.239. The molecule has 0 amide bonds. The average molecular weight is 409 g/mol. The van der Waals surface area contributed by atoms with E-state index in [0.717, 1.165) is 42.2 Å². The fourth-order valence-electron chi connectivity index (χ4n) is 2.63. The van der Waals surface area contributed by atoms with Crippen molar-refractivity contribution < 1.29 is 5.11 Å². The van der Waals surface area contributed by atoms with Crippen LogP contribution in [0.3, 0.4) is 0 Å². The Hall–Kier alpha value is -1.56. The van der Waals surface area contributed by atoms with E-state index in [4.69, 9.17) is 11.6 Å². The van der Waals surface area contributed by atoms with Crippen molar-refractivity contribution in [1.82, 2.24) is 9.91 Å². The van der Waals surface area contributed by atoms with Gasteiger partial charge in [-0.3, -0.25) is 9.91 Å². The molecule has 0 aliphatic carbocycles. The zero-order valence-electron chi connectivity index (χ0n) is 13.2. The predicted molar refractivity (Wildman–Crippen MR) is 102 cm³/mol. The fraction of sp³-hybridized carbons (Fsp3) is 0.278. The van der Waals surface area contributed by atoms with Crippen molar-refractivity contribution >= 4 is 33.7 Å². The van der Waals surface area contributed by atoms with Gasteiger partial charge in [-0.25, -0.2) is 0 Å². The first-order valence-corrected chi connectivity index (χ1v) is 9.01. The molecule has 0 spiro atoms. The molecule has 126 valence electrons. The molecule has 1 fully saturated rings. The first-order chi connectivity index (χ1) is 11.6. The Kier molecular flexibility index (Phi) is 5.76. The Morgan fingerprint density at radius 2 is 1.79 bits per heavy atom. The molecule has 1 aliphatic heterocycles. The predicted octanol–water partition coefficient (Wildman–Crippen LogP) is 3.96. The molecule has 0 unspecified atom stereocenters. The van der Waals surface area contributed by atoms with Crippen LogP contribution >= 0.6 is 27.5 Å². The summed E-state index contributed by atoms with van der Waals surface area (Å²) >= 11 is 9.33. The summed E-state index contributed by atoms with van der Waals surface area (Å²) in [6, 6.07) is 13.3. The number of benzene rings is 2. The third-order valence-corrected chi connectivity index (χ3v) is 4.76. The van der Waals surface area contributed by atoms with Crippen LogP contribution in [-0.2, 0) is 6.54 Å². The highest BCUT2D eigenvalue weighted by Crippen LogP contribution is 2.20. The lowest BCUT2D eigenvalue weighted by Crippen LogP contribution is -2.43. The molecule has 4 nitrogen and oxygen atoms in total. The molecule has 24 heavy (non-hydrogen) atoms.